The summed E-state index contributed by atoms with van der Waals surface area (Å²) in [7, 11) is -4.33. The Morgan fingerprint density at radius 3 is 2.43 bits per heavy atom. The number of halogens is 2. The number of carbonyl (C=O) groups is 2. The molecule has 0 aliphatic carbocycles. The molecule has 2 heterocycles. The lowest BCUT2D eigenvalue weighted by atomic mass is 10.2. The first-order valence-electron chi connectivity index (χ1n) is 10.8. The lowest BCUT2D eigenvalue weighted by Gasteiger charge is -2.23. The van der Waals surface area contributed by atoms with Crippen LogP contribution in [0.4, 0.5) is 5.69 Å². The van der Waals surface area contributed by atoms with Crippen molar-refractivity contribution in [3.05, 3.63) is 82.6 Å². The van der Waals surface area contributed by atoms with Gasteiger partial charge in [-0.15, -0.1) is 0 Å². The minimum absolute atomic E-state index is 0.0913. The van der Waals surface area contributed by atoms with Gasteiger partial charge >= 0.3 is 5.97 Å². The van der Waals surface area contributed by atoms with Crippen LogP contribution in [0, 0.1) is 0 Å². The highest BCUT2D eigenvalue weighted by atomic mass is 35.5. The van der Waals surface area contributed by atoms with Gasteiger partial charge in [0.05, 0.1) is 22.7 Å². The summed E-state index contributed by atoms with van der Waals surface area (Å²) >= 11 is 12.0. The van der Waals surface area contributed by atoms with Crippen molar-refractivity contribution in [3.63, 3.8) is 0 Å². The van der Waals surface area contributed by atoms with Crippen molar-refractivity contribution < 1.29 is 28.2 Å². The largest absolute Gasteiger partial charge is 0.480 e. The monoisotopic (exact) mass is 562 g/mol. The van der Waals surface area contributed by atoms with Gasteiger partial charge in [0.15, 0.2) is 0 Å². The number of nitrogens with one attached hydrogen (secondary N) is 1. The molecular weight excluding hydrogens is 543 g/mol. The normalized spacial score (nSPS) is 11.4. The highest BCUT2D eigenvalue weighted by Gasteiger charge is 2.28. The smallest absolute Gasteiger partial charge is 0.324 e. The molecule has 0 aliphatic heterocycles. The van der Waals surface area contributed by atoms with E-state index in [1.54, 1.807) is 29.0 Å². The quantitative estimate of drug-likeness (QED) is 0.284. The summed E-state index contributed by atoms with van der Waals surface area (Å²) in [6, 6.07) is 13.2. The molecule has 0 spiro atoms. The molecule has 4 rings (SSSR count). The Balaban J connectivity index is 1.74. The molecular formula is C24H20Cl2N4O6S. The summed E-state index contributed by atoms with van der Waals surface area (Å²) in [5.41, 5.74) is 1.10. The summed E-state index contributed by atoms with van der Waals surface area (Å²) in [6.45, 7) is -0.901. The first-order chi connectivity index (χ1) is 17.6. The Hall–Kier alpha value is -3.64. The van der Waals surface area contributed by atoms with Crippen LogP contribution in [0.1, 0.15) is 10.4 Å². The number of aliphatic carboxylic acids is 1. The summed E-state index contributed by atoms with van der Waals surface area (Å²) < 4.78 is 29.2. The topological polar surface area (TPSA) is 142 Å². The molecule has 3 N–H and O–H groups in total. The van der Waals surface area contributed by atoms with Crippen molar-refractivity contribution in [2.45, 2.75) is 4.90 Å². The molecule has 2 aromatic carbocycles. The molecule has 13 heteroatoms. The second-order valence-corrected chi connectivity index (χ2v) is 10.6. The van der Waals surface area contributed by atoms with Gasteiger partial charge in [0, 0.05) is 39.9 Å². The highest BCUT2D eigenvalue weighted by Crippen LogP contribution is 2.31. The van der Waals surface area contributed by atoms with E-state index >= 15 is 0 Å². The fourth-order valence-electron chi connectivity index (χ4n) is 3.69. The number of carboxylic acid groups (broad SMARTS) is 1. The Morgan fingerprint density at radius 2 is 1.76 bits per heavy atom. The third-order valence-corrected chi connectivity index (χ3v) is 7.50. The minimum atomic E-state index is -4.33. The minimum Gasteiger partial charge on any atom is -0.480 e. The summed E-state index contributed by atoms with van der Waals surface area (Å²) in [5, 5.41) is 21.7. The van der Waals surface area contributed by atoms with Gasteiger partial charge in [0.1, 0.15) is 12.4 Å². The first-order valence-corrected chi connectivity index (χ1v) is 13.0. The molecule has 0 atom stereocenters. The third-order valence-electron chi connectivity index (χ3n) is 5.32. The number of benzene rings is 2. The van der Waals surface area contributed by atoms with E-state index in [4.69, 9.17) is 28.3 Å². The standard InChI is InChI=1S/C24H20Cl2N4O6S/c25-17-11-18(26)13-20(12-17)37(35,36)30(14-23(32)33)19-1-2-21-15(9-19)4-7-29(21)22-10-16(3-5-27-22)24(34)28-6-8-31/h1-5,7,9-13,31H,6,8,14H2,(H,28,34)(H,32,33). The van der Waals surface area contributed by atoms with Crippen LogP contribution < -0.4 is 9.62 Å². The molecule has 2 aromatic heterocycles. The number of hydrogen-bond donors (Lipinski definition) is 3. The lowest BCUT2D eigenvalue weighted by Crippen LogP contribution is -2.35. The molecule has 37 heavy (non-hydrogen) atoms. The number of amides is 1. The molecule has 0 saturated carbocycles. The van der Waals surface area contributed by atoms with Gasteiger partial charge in [0.25, 0.3) is 15.9 Å². The first kappa shape index (κ1) is 26.4. The maximum atomic E-state index is 13.4. The average Bonchev–Trinajstić information content (AvgIpc) is 3.28. The third kappa shape index (κ3) is 5.70. The SMILES string of the molecule is O=C(O)CN(c1ccc2c(ccn2-c2cc(C(=O)NCCO)ccn2)c1)S(=O)(=O)c1cc(Cl)cc(Cl)c1. The van der Waals surface area contributed by atoms with Gasteiger partial charge in [-0.3, -0.25) is 13.9 Å². The molecule has 192 valence electrons. The van der Waals surface area contributed by atoms with Crippen LogP contribution in [0.5, 0.6) is 0 Å². The summed E-state index contributed by atoms with van der Waals surface area (Å²) in [5.74, 6) is -1.29. The number of carbonyl (C=O) groups excluding carboxylic acids is 1. The zero-order valence-corrected chi connectivity index (χ0v) is 21.3. The molecule has 0 unspecified atom stereocenters. The Bertz CT molecular complexity index is 1590. The van der Waals surface area contributed by atoms with Crippen molar-refractivity contribution in [3.8, 4) is 5.82 Å². The molecule has 0 bridgehead atoms. The molecule has 0 aliphatic rings. The van der Waals surface area contributed by atoms with Gasteiger partial charge in [0.2, 0.25) is 0 Å². The number of pyridine rings is 1. The van der Waals surface area contributed by atoms with E-state index < -0.39 is 22.5 Å². The van der Waals surface area contributed by atoms with E-state index in [-0.39, 0.29) is 39.7 Å². The van der Waals surface area contributed by atoms with Crippen molar-refractivity contribution in [2.24, 2.45) is 0 Å². The number of rotatable bonds is 9. The van der Waals surface area contributed by atoms with Crippen LogP contribution in [-0.4, -0.2) is 59.8 Å². The van der Waals surface area contributed by atoms with Gasteiger partial charge < -0.3 is 20.1 Å². The molecule has 0 fully saturated rings. The number of sulfonamides is 1. The van der Waals surface area contributed by atoms with Crippen LogP contribution in [0.3, 0.4) is 0 Å². The number of anilines is 1. The predicted molar refractivity (Wildman–Crippen MR) is 139 cm³/mol. The van der Waals surface area contributed by atoms with Crippen molar-refractivity contribution in [2.75, 3.05) is 24.0 Å². The molecule has 0 radical (unpaired) electrons. The molecule has 1 amide bonds. The molecule has 4 aromatic rings. The maximum absolute atomic E-state index is 13.4. The van der Waals surface area contributed by atoms with Crippen LogP contribution in [0.15, 0.2) is 71.9 Å². The number of aromatic nitrogens is 2. The zero-order valence-electron chi connectivity index (χ0n) is 19.0. The summed E-state index contributed by atoms with van der Waals surface area (Å²) in [6.07, 6.45) is 3.17. The number of fused-ring (bicyclic) bond motifs is 1. The van der Waals surface area contributed by atoms with E-state index in [9.17, 15) is 23.1 Å². The van der Waals surface area contributed by atoms with Crippen LogP contribution >= 0.6 is 23.2 Å². The Kier molecular flexibility index (Phi) is 7.69. The Morgan fingerprint density at radius 1 is 1.03 bits per heavy atom. The highest BCUT2D eigenvalue weighted by molar-refractivity contribution is 7.92. The van der Waals surface area contributed by atoms with E-state index in [0.29, 0.717) is 22.3 Å². The number of nitrogens with zero attached hydrogens (tertiary/aromatic N) is 3. The number of carboxylic acids is 1. The summed E-state index contributed by atoms with van der Waals surface area (Å²) in [4.78, 5) is 27.9. The maximum Gasteiger partial charge on any atom is 0.324 e. The predicted octanol–water partition coefficient (Wildman–Crippen LogP) is 3.33. The second kappa shape index (κ2) is 10.8. The number of hydrogen-bond acceptors (Lipinski definition) is 6. The van der Waals surface area contributed by atoms with Crippen molar-refractivity contribution in [1.29, 1.82) is 0 Å². The number of aliphatic hydroxyl groups excluding tert-OH is 1. The van der Waals surface area contributed by atoms with E-state index in [0.717, 1.165) is 4.31 Å². The van der Waals surface area contributed by atoms with Gasteiger partial charge in [-0.1, -0.05) is 23.2 Å². The van der Waals surface area contributed by atoms with Gasteiger partial charge in [-0.2, -0.15) is 0 Å². The van der Waals surface area contributed by atoms with E-state index in [1.165, 1.54) is 42.6 Å². The molecule has 10 nitrogen and oxygen atoms in total. The molecule has 0 saturated heterocycles. The van der Waals surface area contributed by atoms with Gasteiger partial charge in [-0.25, -0.2) is 13.4 Å². The van der Waals surface area contributed by atoms with E-state index in [1.807, 2.05) is 0 Å². The fourth-order valence-corrected chi connectivity index (χ4v) is 5.82. The van der Waals surface area contributed by atoms with Crippen LogP contribution in [-0.2, 0) is 14.8 Å². The van der Waals surface area contributed by atoms with Crippen LogP contribution in [0.2, 0.25) is 10.0 Å². The van der Waals surface area contributed by atoms with E-state index in [2.05, 4.69) is 10.3 Å². The number of aliphatic hydroxyl groups is 1. The van der Waals surface area contributed by atoms with Crippen molar-refractivity contribution >= 4 is 61.7 Å². The van der Waals surface area contributed by atoms with Crippen molar-refractivity contribution in [1.82, 2.24) is 14.9 Å². The average molecular weight is 563 g/mol. The lowest BCUT2D eigenvalue weighted by molar-refractivity contribution is -0.135. The Labute approximate surface area is 221 Å². The van der Waals surface area contributed by atoms with Crippen LogP contribution in [0.25, 0.3) is 16.7 Å². The second-order valence-electron chi connectivity index (χ2n) is 7.82. The zero-order chi connectivity index (χ0) is 26.7. The fraction of sp³-hybridized carbons (Fsp3) is 0.125. The van der Waals surface area contributed by atoms with Gasteiger partial charge in [-0.05, 0) is 54.6 Å².